The highest BCUT2D eigenvalue weighted by molar-refractivity contribution is 6.36. The van der Waals surface area contributed by atoms with Crippen LogP contribution in [0.2, 0.25) is 10.0 Å². The number of carbonyl (C=O) groups is 1. The van der Waals surface area contributed by atoms with E-state index in [4.69, 9.17) is 34.1 Å². The number of amidine groups is 1. The van der Waals surface area contributed by atoms with E-state index in [1.807, 2.05) is 6.92 Å². The Kier molecular flexibility index (Phi) is 4.64. The van der Waals surface area contributed by atoms with Gasteiger partial charge in [0.2, 0.25) is 0 Å². The number of carbonyl (C=O) groups excluding carboxylic acids is 1. The number of likely N-dealkylation sites (tertiary alicyclic amines) is 1. The van der Waals surface area contributed by atoms with Crippen LogP contribution in [0.3, 0.4) is 0 Å². The van der Waals surface area contributed by atoms with Crippen molar-refractivity contribution in [3.8, 4) is 0 Å². The molecular formula is C14H17Cl2N3O2. The second kappa shape index (κ2) is 6.12. The van der Waals surface area contributed by atoms with Crippen LogP contribution in [0.1, 0.15) is 30.1 Å². The molecule has 0 aliphatic carbocycles. The number of benzene rings is 1. The monoisotopic (exact) mass is 329 g/mol. The molecule has 0 unspecified atom stereocenters. The minimum atomic E-state index is -0.380. The van der Waals surface area contributed by atoms with Gasteiger partial charge in [0, 0.05) is 23.5 Å². The summed E-state index contributed by atoms with van der Waals surface area (Å²) in [5.74, 6) is 0.0809. The van der Waals surface area contributed by atoms with Gasteiger partial charge in [-0.15, -0.1) is 0 Å². The Hall–Kier alpha value is -1.46. The Bertz CT molecular complexity index is 582. The lowest BCUT2D eigenvalue weighted by Gasteiger charge is -2.38. The average Bonchev–Trinajstić information content (AvgIpc) is 2.46. The number of piperidine rings is 1. The van der Waals surface area contributed by atoms with E-state index in [9.17, 15) is 4.79 Å². The van der Waals surface area contributed by atoms with Crippen molar-refractivity contribution in [2.45, 2.75) is 19.8 Å². The Morgan fingerprint density at radius 3 is 2.52 bits per heavy atom. The topological polar surface area (TPSA) is 78.9 Å². The summed E-state index contributed by atoms with van der Waals surface area (Å²) in [5, 5.41) is 12.8. The molecule has 5 nitrogen and oxygen atoms in total. The van der Waals surface area contributed by atoms with Crippen LogP contribution in [-0.2, 0) is 0 Å². The lowest BCUT2D eigenvalue weighted by Crippen LogP contribution is -2.47. The number of nitrogens with zero attached hydrogens (tertiary/aromatic N) is 2. The van der Waals surface area contributed by atoms with Crippen LogP contribution in [0.25, 0.3) is 0 Å². The van der Waals surface area contributed by atoms with Gasteiger partial charge in [-0.1, -0.05) is 35.3 Å². The van der Waals surface area contributed by atoms with Gasteiger partial charge in [-0.3, -0.25) is 4.79 Å². The van der Waals surface area contributed by atoms with Crippen molar-refractivity contribution in [3.63, 3.8) is 0 Å². The molecule has 1 saturated heterocycles. The zero-order chi connectivity index (χ0) is 15.6. The lowest BCUT2D eigenvalue weighted by molar-refractivity contribution is 0.0666. The van der Waals surface area contributed by atoms with Gasteiger partial charge in [0.15, 0.2) is 0 Å². The summed E-state index contributed by atoms with van der Waals surface area (Å²) < 4.78 is 0. The van der Waals surface area contributed by atoms with Crippen LogP contribution in [0.4, 0.5) is 0 Å². The molecule has 7 heteroatoms. The van der Waals surface area contributed by atoms with Crippen LogP contribution in [0.5, 0.6) is 0 Å². The maximum Gasteiger partial charge on any atom is 0.255 e. The Balaban J connectivity index is 2.10. The van der Waals surface area contributed by atoms with Crippen molar-refractivity contribution in [2.24, 2.45) is 16.3 Å². The molecule has 1 aliphatic rings. The molecule has 1 fully saturated rings. The zero-order valence-electron chi connectivity index (χ0n) is 11.6. The molecule has 1 amide bonds. The molecule has 1 heterocycles. The average molecular weight is 330 g/mol. The fraction of sp³-hybridized carbons (Fsp3) is 0.429. The van der Waals surface area contributed by atoms with Crippen molar-refractivity contribution in [3.05, 3.63) is 33.8 Å². The standard InChI is InChI=1S/C14H17Cl2N3O2/c1-14(13(17)18-21)4-6-19(7-5-14)12(20)10-3-2-9(15)8-11(10)16/h2-3,8,21H,4-7H2,1H3,(H2,17,18). The van der Waals surface area contributed by atoms with Gasteiger partial charge in [-0.2, -0.15) is 0 Å². The third-order valence-electron chi connectivity index (χ3n) is 4.04. The SMILES string of the molecule is CC1(/C(N)=N/O)CCN(C(=O)c2ccc(Cl)cc2Cl)CC1. The van der Waals surface area contributed by atoms with Crippen LogP contribution < -0.4 is 5.73 Å². The molecule has 0 saturated carbocycles. The van der Waals surface area contributed by atoms with Crippen molar-refractivity contribution in [2.75, 3.05) is 13.1 Å². The number of nitrogens with two attached hydrogens (primary N) is 1. The molecule has 2 rings (SSSR count). The van der Waals surface area contributed by atoms with E-state index in [-0.39, 0.29) is 17.2 Å². The molecule has 0 atom stereocenters. The molecule has 21 heavy (non-hydrogen) atoms. The molecule has 0 bridgehead atoms. The third-order valence-corrected chi connectivity index (χ3v) is 4.59. The summed E-state index contributed by atoms with van der Waals surface area (Å²) in [7, 11) is 0. The van der Waals surface area contributed by atoms with Crippen LogP contribution in [0.15, 0.2) is 23.4 Å². The Labute approximate surface area is 133 Å². The second-order valence-electron chi connectivity index (χ2n) is 5.46. The first-order valence-corrected chi connectivity index (χ1v) is 7.35. The van der Waals surface area contributed by atoms with E-state index in [1.165, 1.54) is 0 Å². The second-order valence-corrected chi connectivity index (χ2v) is 6.31. The highest BCUT2D eigenvalue weighted by Crippen LogP contribution is 2.32. The predicted octanol–water partition coefficient (Wildman–Crippen LogP) is 2.98. The van der Waals surface area contributed by atoms with Gasteiger partial charge in [-0.25, -0.2) is 0 Å². The van der Waals surface area contributed by atoms with Crippen LogP contribution in [-0.4, -0.2) is 34.9 Å². The largest absolute Gasteiger partial charge is 0.409 e. The maximum absolute atomic E-state index is 12.5. The third kappa shape index (κ3) is 3.24. The molecule has 114 valence electrons. The molecule has 3 N–H and O–H groups in total. The summed E-state index contributed by atoms with van der Waals surface area (Å²) in [5.41, 5.74) is 5.77. The summed E-state index contributed by atoms with van der Waals surface area (Å²) in [6, 6.07) is 4.83. The molecular weight excluding hydrogens is 313 g/mol. The van der Waals surface area contributed by atoms with E-state index in [1.54, 1.807) is 23.1 Å². The number of rotatable bonds is 2. The molecule has 0 aromatic heterocycles. The minimum Gasteiger partial charge on any atom is -0.409 e. The summed E-state index contributed by atoms with van der Waals surface area (Å²) >= 11 is 11.9. The molecule has 0 radical (unpaired) electrons. The molecule has 1 aromatic rings. The van der Waals surface area contributed by atoms with Gasteiger partial charge in [-0.05, 0) is 31.0 Å². The first-order valence-electron chi connectivity index (χ1n) is 6.60. The van der Waals surface area contributed by atoms with Crippen molar-refractivity contribution in [1.82, 2.24) is 4.90 Å². The molecule has 1 aliphatic heterocycles. The highest BCUT2D eigenvalue weighted by Gasteiger charge is 2.36. The van der Waals surface area contributed by atoms with Gasteiger partial charge >= 0.3 is 0 Å². The first-order chi connectivity index (χ1) is 9.87. The summed E-state index contributed by atoms with van der Waals surface area (Å²) in [6.45, 7) is 2.99. The van der Waals surface area contributed by atoms with E-state index in [0.717, 1.165) is 0 Å². The van der Waals surface area contributed by atoms with Gasteiger partial charge in [0.1, 0.15) is 5.84 Å². The zero-order valence-corrected chi connectivity index (χ0v) is 13.2. The van der Waals surface area contributed by atoms with Crippen LogP contribution in [0, 0.1) is 5.41 Å². The number of halogens is 2. The van der Waals surface area contributed by atoms with E-state index in [2.05, 4.69) is 5.16 Å². The van der Waals surface area contributed by atoms with Gasteiger partial charge in [0.05, 0.1) is 10.6 Å². The first kappa shape index (κ1) is 15.9. The predicted molar refractivity (Wildman–Crippen MR) is 83.1 cm³/mol. The van der Waals surface area contributed by atoms with Crippen molar-refractivity contribution < 1.29 is 10.0 Å². The molecule has 0 spiro atoms. The van der Waals surface area contributed by atoms with Crippen LogP contribution >= 0.6 is 23.2 Å². The number of hydrogen-bond donors (Lipinski definition) is 2. The fourth-order valence-corrected chi connectivity index (χ4v) is 2.90. The van der Waals surface area contributed by atoms with E-state index in [0.29, 0.717) is 41.5 Å². The summed E-state index contributed by atoms with van der Waals surface area (Å²) in [4.78, 5) is 14.2. The number of oxime groups is 1. The van der Waals surface area contributed by atoms with E-state index < -0.39 is 0 Å². The van der Waals surface area contributed by atoms with E-state index >= 15 is 0 Å². The molecule has 1 aromatic carbocycles. The minimum absolute atomic E-state index is 0.127. The maximum atomic E-state index is 12.5. The van der Waals surface area contributed by atoms with Crippen molar-refractivity contribution in [1.29, 1.82) is 0 Å². The quantitative estimate of drug-likeness (QED) is 0.379. The smallest absolute Gasteiger partial charge is 0.255 e. The Morgan fingerprint density at radius 2 is 2.00 bits per heavy atom. The fourth-order valence-electron chi connectivity index (χ4n) is 2.41. The normalized spacial score (nSPS) is 18.6. The number of amides is 1. The summed E-state index contributed by atoms with van der Waals surface area (Å²) in [6.07, 6.45) is 1.28. The van der Waals surface area contributed by atoms with Gasteiger partial charge in [0.25, 0.3) is 5.91 Å². The van der Waals surface area contributed by atoms with Crippen molar-refractivity contribution >= 4 is 34.9 Å². The lowest BCUT2D eigenvalue weighted by atomic mass is 9.79. The Morgan fingerprint density at radius 1 is 1.38 bits per heavy atom. The number of hydrogen-bond acceptors (Lipinski definition) is 3. The van der Waals surface area contributed by atoms with Gasteiger partial charge < -0.3 is 15.8 Å². The highest BCUT2D eigenvalue weighted by atomic mass is 35.5.